The molecule has 2 aromatic carbocycles. The van der Waals surface area contributed by atoms with E-state index in [2.05, 4.69) is 10.6 Å². The molecule has 2 amide bonds. The van der Waals surface area contributed by atoms with Gasteiger partial charge in [0.05, 0.1) is 17.8 Å². The van der Waals surface area contributed by atoms with Crippen molar-refractivity contribution in [3.05, 3.63) is 59.1 Å². The largest absolute Gasteiger partial charge is 0.497 e. The molecular formula is C17H17ClN2O3. The minimum Gasteiger partial charge on any atom is -0.497 e. The summed E-state index contributed by atoms with van der Waals surface area (Å²) < 4.78 is 5.08. The van der Waals surface area contributed by atoms with Gasteiger partial charge in [0.25, 0.3) is 0 Å². The van der Waals surface area contributed by atoms with Crippen molar-refractivity contribution in [2.45, 2.75) is 6.42 Å². The molecule has 0 aliphatic rings. The summed E-state index contributed by atoms with van der Waals surface area (Å²) in [6.07, 6.45) is 0.620. The van der Waals surface area contributed by atoms with Crippen LogP contribution in [0.25, 0.3) is 0 Å². The maximum absolute atomic E-state index is 11.8. The summed E-state index contributed by atoms with van der Waals surface area (Å²) in [4.78, 5) is 23.6. The number of carbonyl (C=O) groups excluding carboxylic acids is 2. The summed E-state index contributed by atoms with van der Waals surface area (Å²) >= 11 is 5.93. The van der Waals surface area contributed by atoms with Gasteiger partial charge in [-0.2, -0.15) is 0 Å². The Kier molecular flexibility index (Phi) is 6.00. The number of amides is 2. The van der Waals surface area contributed by atoms with E-state index in [0.29, 0.717) is 23.7 Å². The Hall–Kier alpha value is -2.53. The molecule has 0 aromatic heterocycles. The van der Waals surface area contributed by atoms with E-state index in [-0.39, 0.29) is 0 Å². The van der Waals surface area contributed by atoms with Gasteiger partial charge in [-0.25, -0.2) is 0 Å². The van der Waals surface area contributed by atoms with Crippen molar-refractivity contribution >= 4 is 29.1 Å². The van der Waals surface area contributed by atoms with Gasteiger partial charge in [-0.15, -0.1) is 0 Å². The molecule has 5 nitrogen and oxygen atoms in total. The molecular weight excluding hydrogens is 316 g/mol. The first-order valence-corrected chi connectivity index (χ1v) is 7.44. The van der Waals surface area contributed by atoms with Crippen molar-refractivity contribution in [1.82, 2.24) is 5.32 Å². The summed E-state index contributed by atoms with van der Waals surface area (Å²) in [5, 5.41) is 5.43. The highest BCUT2D eigenvalue weighted by Crippen LogP contribution is 2.20. The summed E-state index contributed by atoms with van der Waals surface area (Å²) in [5.74, 6) is -0.664. The first-order chi connectivity index (χ1) is 11.1. The number of carbonyl (C=O) groups is 2. The number of ether oxygens (including phenoxy) is 1. The van der Waals surface area contributed by atoms with Gasteiger partial charge in [0.1, 0.15) is 5.75 Å². The standard InChI is InChI=1S/C17H17ClN2O3/c1-23-13-8-6-12(7-9-13)10-11-19-16(21)17(22)20-15-5-3-2-4-14(15)18/h2-9H,10-11H2,1H3,(H,19,21)(H,20,22). The van der Waals surface area contributed by atoms with Crippen molar-refractivity contribution in [3.8, 4) is 5.75 Å². The molecule has 0 unspecified atom stereocenters. The molecule has 0 bridgehead atoms. The molecule has 23 heavy (non-hydrogen) atoms. The lowest BCUT2D eigenvalue weighted by Gasteiger charge is -2.08. The Morgan fingerprint density at radius 3 is 2.39 bits per heavy atom. The van der Waals surface area contributed by atoms with Crippen LogP contribution in [0.5, 0.6) is 5.75 Å². The van der Waals surface area contributed by atoms with E-state index in [1.807, 2.05) is 24.3 Å². The van der Waals surface area contributed by atoms with Crippen LogP contribution in [0.4, 0.5) is 5.69 Å². The third-order valence-electron chi connectivity index (χ3n) is 3.19. The average Bonchev–Trinajstić information content (AvgIpc) is 2.57. The van der Waals surface area contributed by atoms with Crippen LogP contribution in [0.2, 0.25) is 5.02 Å². The molecule has 0 radical (unpaired) electrons. The molecule has 120 valence electrons. The van der Waals surface area contributed by atoms with Crippen LogP contribution in [0.3, 0.4) is 0 Å². The minimum atomic E-state index is -0.743. The van der Waals surface area contributed by atoms with Gasteiger partial charge >= 0.3 is 11.8 Å². The maximum atomic E-state index is 11.8. The Labute approximate surface area is 139 Å². The Balaban J connectivity index is 1.79. The van der Waals surface area contributed by atoms with Crippen LogP contribution < -0.4 is 15.4 Å². The number of nitrogens with one attached hydrogen (secondary N) is 2. The van der Waals surface area contributed by atoms with Gasteiger partial charge in [0, 0.05) is 6.54 Å². The van der Waals surface area contributed by atoms with Crippen molar-refractivity contribution < 1.29 is 14.3 Å². The predicted octanol–water partition coefficient (Wildman–Crippen LogP) is 2.65. The zero-order valence-electron chi connectivity index (χ0n) is 12.6. The summed E-state index contributed by atoms with van der Waals surface area (Å²) in [6, 6.07) is 14.3. The summed E-state index contributed by atoms with van der Waals surface area (Å²) in [6.45, 7) is 0.362. The summed E-state index contributed by atoms with van der Waals surface area (Å²) in [5.41, 5.74) is 1.45. The fourth-order valence-electron chi connectivity index (χ4n) is 1.93. The first-order valence-electron chi connectivity index (χ1n) is 7.07. The fraction of sp³-hybridized carbons (Fsp3) is 0.176. The van der Waals surface area contributed by atoms with Gasteiger partial charge < -0.3 is 15.4 Å². The molecule has 2 aromatic rings. The van der Waals surface area contributed by atoms with Gasteiger partial charge in [-0.3, -0.25) is 9.59 Å². The molecule has 0 spiro atoms. The fourth-order valence-corrected chi connectivity index (χ4v) is 2.12. The van der Waals surface area contributed by atoms with Crippen LogP contribution in [0, 0.1) is 0 Å². The van der Waals surface area contributed by atoms with Crippen molar-refractivity contribution in [2.24, 2.45) is 0 Å². The highest BCUT2D eigenvalue weighted by Gasteiger charge is 2.14. The zero-order valence-corrected chi connectivity index (χ0v) is 13.4. The number of para-hydroxylation sites is 1. The molecule has 0 saturated carbocycles. The zero-order chi connectivity index (χ0) is 16.7. The Morgan fingerprint density at radius 2 is 1.74 bits per heavy atom. The summed E-state index contributed by atoms with van der Waals surface area (Å²) in [7, 11) is 1.60. The second kappa shape index (κ2) is 8.19. The molecule has 0 aliphatic carbocycles. The molecule has 0 atom stereocenters. The average molecular weight is 333 g/mol. The smallest absolute Gasteiger partial charge is 0.313 e. The van der Waals surface area contributed by atoms with E-state index in [1.165, 1.54) is 0 Å². The number of halogens is 1. The van der Waals surface area contributed by atoms with E-state index in [1.54, 1.807) is 31.4 Å². The van der Waals surface area contributed by atoms with Crippen molar-refractivity contribution in [1.29, 1.82) is 0 Å². The number of hydrogen-bond donors (Lipinski definition) is 2. The number of rotatable bonds is 5. The number of methoxy groups -OCH3 is 1. The van der Waals surface area contributed by atoms with Crippen LogP contribution in [0.15, 0.2) is 48.5 Å². The predicted molar refractivity (Wildman–Crippen MR) is 89.8 cm³/mol. The van der Waals surface area contributed by atoms with E-state index in [0.717, 1.165) is 11.3 Å². The van der Waals surface area contributed by atoms with Gasteiger partial charge in [0.15, 0.2) is 0 Å². The van der Waals surface area contributed by atoms with E-state index < -0.39 is 11.8 Å². The van der Waals surface area contributed by atoms with Crippen LogP contribution in [-0.2, 0) is 16.0 Å². The van der Waals surface area contributed by atoms with Crippen LogP contribution >= 0.6 is 11.6 Å². The maximum Gasteiger partial charge on any atom is 0.313 e. The lowest BCUT2D eigenvalue weighted by atomic mass is 10.1. The monoisotopic (exact) mass is 332 g/mol. The second-order valence-electron chi connectivity index (χ2n) is 4.79. The molecule has 0 fully saturated rings. The Bertz CT molecular complexity index is 686. The molecule has 2 rings (SSSR count). The molecule has 0 saturated heterocycles. The third kappa shape index (κ3) is 5.00. The number of anilines is 1. The lowest BCUT2D eigenvalue weighted by molar-refractivity contribution is -0.136. The quantitative estimate of drug-likeness (QED) is 0.827. The molecule has 0 heterocycles. The van der Waals surface area contributed by atoms with Gasteiger partial charge in [0.2, 0.25) is 0 Å². The van der Waals surface area contributed by atoms with E-state index in [9.17, 15) is 9.59 Å². The van der Waals surface area contributed by atoms with Crippen molar-refractivity contribution in [3.63, 3.8) is 0 Å². The Morgan fingerprint density at radius 1 is 1.04 bits per heavy atom. The van der Waals surface area contributed by atoms with Gasteiger partial charge in [-0.1, -0.05) is 35.9 Å². The molecule has 0 aliphatic heterocycles. The number of benzene rings is 2. The first kappa shape index (κ1) is 16.8. The molecule has 2 N–H and O–H groups in total. The lowest BCUT2D eigenvalue weighted by Crippen LogP contribution is -2.36. The topological polar surface area (TPSA) is 67.4 Å². The highest BCUT2D eigenvalue weighted by molar-refractivity contribution is 6.41. The minimum absolute atomic E-state index is 0.362. The van der Waals surface area contributed by atoms with Gasteiger partial charge in [-0.05, 0) is 36.2 Å². The van der Waals surface area contributed by atoms with E-state index >= 15 is 0 Å². The second-order valence-corrected chi connectivity index (χ2v) is 5.20. The normalized spacial score (nSPS) is 10.0. The third-order valence-corrected chi connectivity index (χ3v) is 3.52. The van der Waals surface area contributed by atoms with Crippen molar-refractivity contribution in [2.75, 3.05) is 19.0 Å². The SMILES string of the molecule is COc1ccc(CCNC(=O)C(=O)Nc2ccccc2Cl)cc1. The number of hydrogen-bond acceptors (Lipinski definition) is 3. The van der Waals surface area contributed by atoms with Crippen LogP contribution in [-0.4, -0.2) is 25.5 Å². The molecule has 6 heteroatoms. The van der Waals surface area contributed by atoms with E-state index in [4.69, 9.17) is 16.3 Å². The van der Waals surface area contributed by atoms with Crippen LogP contribution in [0.1, 0.15) is 5.56 Å². The highest BCUT2D eigenvalue weighted by atomic mass is 35.5.